The average Bonchev–Trinajstić information content (AvgIpc) is 3.42. The summed E-state index contributed by atoms with van der Waals surface area (Å²) in [6, 6.07) is 21.1. The Hall–Kier alpha value is -2.62. The Morgan fingerprint density at radius 3 is 2.12 bits per heavy atom. The minimum Gasteiger partial charge on any atom is -0.342 e. The number of likely N-dealkylation sites (N-methyl/N-ethyl adjacent to an activating group) is 1. The first-order valence-electron chi connectivity index (χ1n) is 12.2. The number of amides is 2. The van der Waals surface area contributed by atoms with E-state index in [0.29, 0.717) is 13.1 Å². The number of nitrogens with zero attached hydrogens (tertiary/aromatic N) is 2. The summed E-state index contributed by atoms with van der Waals surface area (Å²) in [4.78, 5) is 31.2. The molecule has 1 saturated carbocycles. The fourth-order valence-electron chi connectivity index (χ4n) is 6.53. The smallest absolute Gasteiger partial charge is 0.233 e. The van der Waals surface area contributed by atoms with Crippen molar-refractivity contribution in [3.8, 4) is 0 Å². The predicted octanol–water partition coefficient (Wildman–Crippen LogP) is 4.58. The molecule has 2 amide bonds. The van der Waals surface area contributed by atoms with E-state index < -0.39 is 0 Å². The lowest BCUT2D eigenvalue weighted by molar-refractivity contribution is -0.145. The van der Waals surface area contributed by atoms with Crippen molar-refractivity contribution in [1.82, 2.24) is 9.80 Å². The van der Waals surface area contributed by atoms with Crippen molar-refractivity contribution < 1.29 is 9.59 Å². The fourth-order valence-corrected chi connectivity index (χ4v) is 6.53. The van der Waals surface area contributed by atoms with E-state index >= 15 is 0 Å². The highest BCUT2D eigenvalue weighted by atomic mass is 16.2. The zero-order valence-electron chi connectivity index (χ0n) is 19.1. The second kappa shape index (κ2) is 8.38. The number of likely N-dealkylation sites (tertiary alicyclic amines) is 2. The van der Waals surface area contributed by atoms with Crippen molar-refractivity contribution in [1.29, 1.82) is 0 Å². The highest BCUT2D eigenvalue weighted by molar-refractivity contribution is 5.90. The first kappa shape index (κ1) is 21.2. The minimum atomic E-state index is -0.363. The van der Waals surface area contributed by atoms with E-state index in [1.807, 2.05) is 36.2 Å². The van der Waals surface area contributed by atoms with Crippen LogP contribution in [0.15, 0.2) is 60.7 Å². The second-order valence-corrected chi connectivity index (χ2v) is 10.2. The summed E-state index contributed by atoms with van der Waals surface area (Å²) in [6.45, 7) is 1.40. The van der Waals surface area contributed by atoms with Gasteiger partial charge in [-0.25, -0.2) is 0 Å². The molecule has 0 radical (unpaired) electrons. The van der Waals surface area contributed by atoms with Crippen LogP contribution in [0.5, 0.6) is 0 Å². The number of carbonyl (C=O) groups is 2. The third-order valence-corrected chi connectivity index (χ3v) is 8.46. The third kappa shape index (κ3) is 3.54. The van der Waals surface area contributed by atoms with Gasteiger partial charge < -0.3 is 9.80 Å². The topological polar surface area (TPSA) is 40.6 Å². The molecule has 0 N–H and O–H groups in total. The molecule has 4 heteroatoms. The summed E-state index contributed by atoms with van der Waals surface area (Å²) in [5.74, 6) is 0.569. The van der Waals surface area contributed by atoms with Crippen LogP contribution in [0.4, 0.5) is 0 Å². The lowest BCUT2D eigenvalue weighted by Crippen LogP contribution is -2.51. The van der Waals surface area contributed by atoms with Crippen LogP contribution in [0.1, 0.15) is 56.1 Å². The van der Waals surface area contributed by atoms with Gasteiger partial charge in [0.25, 0.3) is 0 Å². The molecular weight excluding hydrogens is 396 g/mol. The molecule has 1 unspecified atom stereocenters. The molecule has 3 aliphatic rings. The maximum Gasteiger partial charge on any atom is 0.233 e. The van der Waals surface area contributed by atoms with Crippen molar-refractivity contribution in [3.63, 3.8) is 0 Å². The maximum absolute atomic E-state index is 13.8. The predicted molar refractivity (Wildman–Crippen MR) is 126 cm³/mol. The number of hydrogen-bond donors (Lipinski definition) is 0. The number of rotatable bonds is 4. The lowest BCUT2D eigenvalue weighted by Gasteiger charge is -2.42. The van der Waals surface area contributed by atoms with Crippen LogP contribution in [0, 0.1) is 5.41 Å². The van der Waals surface area contributed by atoms with Gasteiger partial charge in [0, 0.05) is 26.2 Å². The van der Waals surface area contributed by atoms with E-state index in [-0.39, 0.29) is 28.7 Å². The molecule has 0 bridgehead atoms. The van der Waals surface area contributed by atoms with Gasteiger partial charge in [-0.15, -0.1) is 0 Å². The Labute approximate surface area is 191 Å². The Kier molecular flexibility index (Phi) is 5.56. The zero-order chi connectivity index (χ0) is 22.2. The standard InChI is InChI=1S/C28H34N2O2/c1-29-24(20-22-10-4-2-5-11-22)21-27(25(29)31)16-18-30(19-17-27)26(32)28(14-8-9-15-28)23-12-6-3-7-13-23/h2-7,10-13,24H,8-9,14-21H2,1H3. The van der Waals surface area contributed by atoms with E-state index in [1.165, 1.54) is 11.1 Å². The van der Waals surface area contributed by atoms with Crippen LogP contribution in [-0.2, 0) is 21.4 Å². The molecule has 5 rings (SSSR count). The van der Waals surface area contributed by atoms with Gasteiger partial charge in [0.1, 0.15) is 0 Å². The molecule has 168 valence electrons. The summed E-state index contributed by atoms with van der Waals surface area (Å²) in [7, 11) is 1.96. The molecule has 2 aliphatic heterocycles. The quantitative estimate of drug-likeness (QED) is 0.712. The van der Waals surface area contributed by atoms with Crippen molar-refractivity contribution >= 4 is 11.8 Å². The molecule has 2 saturated heterocycles. The molecule has 1 atom stereocenters. The van der Waals surface area contributed by atoms with E-state index in [1.54, 1.807) is 0 Å². The summed E-state index contributed by atoms with van der Waals surface area (Å²) in [6.07, 6.45) is 7.51. The molecule has 3 fully saturated rings. The van der Waals surface area contributed by atoms with E-state index in [9.17, 15) is 9.59 Å². The van der Waals surface area contributed by atoms with Crippen molar-refractivity contribution in [3.05, 3.63) is 71.8 Å². The highest BCUT2D eigenvalue weighted by Gasteiger charge is 2.53. The number of carbonyl (C=O) groups excluding carboxylic acids is 2. The molecular formula is C28H34N2O2. The molecule has 2 aromatic rings. The number of benzene rings is 2. The maximum atomic E-state index is 13.8. The Morgan fingerprint density at radius 1 is 0.906 bits per heavy atom. The summed E-state index contributed by atoms with van der Waals surface area (Å²) >= 11 is 0. The van der Waals surface area contributed by atoms with Gasteiger partial charge in [-0.2, -0.15) is 0 Å². The van der Waals surface area contributed by atoms with Crippen molar-refractivity contribution in [2.45, 2.75) is 62.8 Å². The summed E-state index contributed by atoms with van der Waals surface area (Å²) < 4.78 is 0. The highest BCUT2D eigenvalue weighted by Crippen LogP contribution is 2.47. The van der Waals surface area contributed by atoms with E-state index in [4.69, 9.17) is 0 Å². The summed E-state index contributed by atoms with van der Waals surface area (Å²) in [5.41, 5.74) is 1.80. The van der Waals surface area contributed by atoms with E-state index in [0.717, 1.165) is 51.4 Å². The van der Waals surface area contributed by atoms with Crippen LogP contribution >= 0.6 is 0 Å². The van der Waals surface area contributed by atoms with Gasteiger partial charge in [0.15, 0.2) is 0 Å². The fraction of sp³-hybridized carbons (Fsp3) is 0.500. The van der Waals surface area contributed by atoms with Crippen LogP contribution in [0.25, 0.3) is 0 Å². The van der Waals surface area contributed by atoms with Crippen LogP contribution in [0.2, 0.25) is 0 Å². The van der Waals surface area contributed by atoms with E-state index in [2.05, 4.69) is 41.3 Å². The van der Waals surface area contributed by atoms with Crippen molar-refractivity contribution in [2.75, 3.05) is 20.1 Å². The van der Waals surface area contributed by atoms with Crippen molar-refractivity contribution in [2.24, 2.45) is 5.41 Å². The van der Waals surface area contributed by atoms with Gasteiger partial charge in [0.2, 0.25) is 11.8 Å². The van der Waals surface area contributed by atoms with Crippen LogP contribution in [-0.4, -0.2) is 47.8 Å². The molecule has 1 aliphatic carbocycles. The molecule has 0 aromatic heterocycles. The summed E-state index contributed by atoms with van der Waals surface area (Å²) in [5, 5.41) is 0. The number of hydrogen-bond acceptors (Lipinski definition) is 2. The Morgan fingerprint density at radius 2 is 1.50 bits per heavy atom. The molecule has 2 heterocycles. The normalized spacial score (nSPS) is 24.3. The van der Waals surface area contributed by atoms with Gasteiger partial charge in [-0.3, -0.25) is 9.59 Å². The molecule has 32 heavy (non-hydrogen) atoms. The number of piperidine rings is 1. The zero-order valence-corrected chi connectivity index (χ0v) is 19.1. The SMILES string of the molecule is CN1C(=O)C2(CCN(C(=O)C3(c4ccccc4)CCCC3)CC2)CC1Cc1ccccc1. The second-order valence-electron chi connectivity index (χ2n) is 10.2. The molecule has 2 aromatic carbocycles. The molecule has 4 nitrogen and oxygen atoms in total. The Balaban J connectivity index is 1.29. The van der Waals surface area contributed by atoms with Gasteiger partial charge >= 0.3 is 0 Å². The lowest BCUT2D eigenvalue weighted by atomic mass is 9.73. The molecule has 1 spiro atoms. The first-order chi connectivity index (χ1) is 15.5. The van der Waals surface area contributed by atoms with Gasteiger partial charge in [-0.1, -0.05) is 73.5 Å². The average molecular weight is 431 g/mol. The minimum absolute atomic E-state index is 0.248. The Bertz CT molecular complexity index is 957. The third-order valence-electron chi connectivity index (χ3n) is 8.46. The van der Waals surface area contributed by atoms with Gasteiger partial charge in [-0.05, 0) is 49.7 Å². The largest absolute Gasteiger partial charge is 0.342 e. The van der Waals surface area contributed by atoms with Crippen LogP contribution in [0.3, 0.4) is 0 Å². The first-order valence-corrected chi connectivity index (χ1v) is 12.2. The monoisotopic (exact) mass is 430 g/mol. The van der Waals surface area contributed by atoms with Crippen LogP contribution < -0.4 is 0 Å². The van der Waals surface area contributed by atoms with Gasteiger partial charge in [0.05, 0.1) is 10.8 Å².